The number of aromatic nitrogens is 1. The second-order valence-electron chi connectivity index (χ2n) is 5.04. The molecule has 0 saturated heterocycles. The first-order chi connectivity index (χ1) is 9.40. The van der Waals surface area contributed by atoms with Gasteiger partial charge >= 0.3 is 5.97 Å². The minimum absolute atomic E-state index is 0.171. The van der Waals surface area contributed by atoms with Gasteiger partial charge in [0.05, 0.1) is 5.92 Å². The van der Waals surface area contributed by atoms with Crippen molar-refractivity contribution in [3.05, 3.63) is 41.7 Å². The predicted molar refractivity (Wildman–Crippen MR) is 75.9 cm³/mol. The highest BCUT2D eigenvalue weighted by Crippen LogP contribution is 2.09. The third kappa shape index (κ3) is 5.22. The number of carboxylic acids is 1. The van der Waals surface area contributed by atoms with Crippen molar-refractivity contribution in [1.82, 2.24) is 9.88 Å². The minimum atomic E-state index is -0.908. The fourth-order valence-electron chi connectivity index (χ4n) is 1.69. The number of amides is 1. The maximum absolute atomic E-state index is 12.2. The number of nitrogens with zero attached hydrogens (tertiary/aromatic N) is 2. The molecule has 1 atom stereocenters. The Balaban J connectivity index is 2.86. The van der Waals surface area contributed by atoms with E-state index in [1.807, 2.05) is 26.0 Å². The number of aliphatic carboxylic acids is 1. The summed E-state index contributed by atoms with van der Waals surface area (Å²) in [6.07, 6.45) is 4.83. The molecule has 20 heavy (non-hydrogen) atoms. The van der Waals surface area contributed by atoms with Crippen LogP contribution in [0.3, 0.4) is 0 Å². The molecule has 0 radical (unpaired) electrons. The summed E-state index contributed by atoms with van der Waals surface area (Å²) < 4.78 is 0. The van der Waals surface area contributed by atoms with Crippen molar-refractivity contribution in [2.45, 2.75) is 27.3 Å². The summed E-state index contributed by atoms with van der Waals surface area (Å²) in [5.41, 5.74) is 1.81. The van der Waals surface area contributed by atoms with Crippen LogP contribution in [-0.2, 0) is 16.1 Å². The lowest BCUT2D eigenvalue weighted by Crippen LogP contribution is -2.35. The lowest BCUT2D eigenvalue weighted by Gasteiger charge is -2.23. The van der Waals surface area contributed by atoms with E-state index < -0.39 is 11.9 Å². The Kier molecular flexibility index (Phi) is 5.90. The molecule has 0 saturated carbocycles. The van der Waals surface area contributed by atoms with E-state index in [1.165, 1.54) is 6.08 Å². The van der Waals surface area contributed by atoms with Crippen LogP contribution in [0, 0.1) is 5.92 Å². The Bertz CT molecular complexity index is 493. The first kappa shape index (κ1) is 15.9. The smallest absolute Gasteiger partial charge is 0.308 e. The second kappa shape index (κ2) is 7.43. The van der Waals surface area contributed by atoms with Gasteiger partial charge in [-0.1, -0.05) is 12.5 Å². The van der Waals surface area contributed by atoms with E-state index >= 15 is 0 Å². The predicted octanol–water partition coefficient (Wildman–Crippen LogP) is 2.10. The Hall–Kier alpha value is -2.17. The van der Waals surface area contributed by atoms with Crippen LogP contribution in [0.25, 0.3) is 0 Å². The number of carbonyl (C=O) groups is 2. The third-order valence-electron chi connectivity index (χ3n) is 2.76. The van der Waals surface area contributed by atoms with Crippen LogP contribution in [0.15, 0.2) is 36.2 Å². The monoisotopic (exact) mass is 276 g/mol. The number of carbonyl (C=O) groups excluding carboxylic acids is 1. The molecule has 1 amide bonds. The number of carboxylic acid groups (broad SMARTS) is 1. The van der Waals surface area contributed by atoms with Gasteiger partial charge in [0.2, 0.25) is 5.91 Å². The Morgan fingerprint density at radius 1 is 1.35 bits per heavy atom. The van der Waals surface area contributed by atoms with Crippen molar-refractivity contribution in [2.24, 2.45) is 5.92 Å². The molecule has 0 spiro atoms. The Morgan fingerprint density at radius 3 is 2.45 bits per heavy atom. The summed E-state index contributed by atoms with van der Waals surface area (Å²) >= 11 is 0. The molecular weight excluding hydrogens is 256 g/mol. The van der Waals surface area contributed by atoms with Gasteiger partial charge in [-0.15, -0.1) is 0 Å². The SMILES string of the molecule is CC(C)=CC(=O)N(Cc1ccncc1)CC(C)C(=O)O. The molecule has 1 unspecified atom stereocenters. The van der Waals surface area contributed by atoms with Crippen LogP contribution in [0.5, 0.6) is 0 Å². The van der Waals surface area contributed by atoms with Gasteiger partial charge in [0.1, 0.15) is 0 Å². The summed E-state index contributed by atoms with van der Waals surface area (Å²) in [6.45, 7) is 5.83. The zero-order valence-corrected chi connectivity index (χ0v) is 12.0. The summed E-state index contributed by atoms with van der Waals surface area (Å²) in [5.74, 6) is -1.68. The topological polar surface area (TPSA) is 70.5 Å². The van der Waals surface area contributed by atoms with E-state index in [2.05, 4.69) is 4.98 Å². The van der Waals surface area contributed by atoms with Crippen LogP contribution in [0.2, 0.25) is 0 Å². The van der Waals surface area contributed by atoms with E-state index in [0.29, 0.717) is 6.54 Å². The molecule has 5 nitrogen and oxygen atoms in total. The first-order valence-electron chi connectivity index (χ1n) is 6.45. The van der Waals surface area contributed by atoms with Gasteiger partial charge in [0, 0.05) is 31.6 Å². The number of hydrogen-bond donors (Lipinski definition) is 1. The molecule has 5 heteroatoms. The van der Waals surface area contributed by atoms with Crippen LogP contribution >= 0.6 is 0 Å². The van der Waals surface area contributed by atoms with E-state index in [0.717, 1.165) is 11.1 Å². The molecule has 0 fully saturated rings. The summed E-state index contributed by atoms with van der Waals surface area (Å²) in [5, 5.41) is 9.00. The molecule has 0 aromatic carbocycles. The number of pyridine rings is 1. The van der Waals surface area contributed by atoms with Gasteiger partial charge in [-0.3, -0.25) is 14.6 Å². The zero-order chi connectivity index (χ0) is 15.1. The highest BCUT2D eigenvalue weighted by Gasteiger charge is 2.19. The van der Waals surface area contributed by atoms with Crippen molar-refractivity contribution in [3.63, 3.8) is 0 Å². The number of rotatable bonds is 6. The number of allylic oxidation sites excluding steroid dienone is 1. The maximum Gasteiger partial charge on any atom is 0.308 e. The summed E-state index contributed by atoms with van der Waals surface area (Å²) in [4.78, 5) is 28.6. The van der Waals surface area contributed by atoms with Gasteiger partial charge in [0.25, 0.3) is 0 Å². The van der Waals surface area contributed by atoms with Crippen LogP contribution in [0.1, 0.15) is 26.3 Å². The van der Waals surface area contributed by atoms with Crippen molar-refractivity contribution in [1.29, 1.82) is 0 Å². The quantitative estimate of drug-likeness (QED) is 0.808. The normalized spacial score (nSPS) is 11.6. The number of hydrogen-bond acceptors (Lipinski definition) is 3. The molecule has 0 aliphatic heterocycles. The summed E-state index contributed by atoms with van der Waals surface area (Å²) in [6, 6.07) is 3.63. The lowest BCUT2D eigenvalue weighted by atomic mass is 10.1. The molecule has 1 aromatic heterocycles. The molecular formula is C15H20N2O3. The van der Waals surface area contributed by atoms with Gasteiger partial charge in [0.15, 0.2) is 0 Å². The van der Waals surface area contributed by atoms with Crippen molar-refractivity contribution < 1.29 is 14.7 Å². The average Bonchev–Trinajstić information content (AvgIpc) is 2.38. The molecule has 1 aromatic rings. The van der Waals surface area contributed by atoms with Crippen LogP contribution < -0.4 is 0 Å². The van der Waals surface area contributed by atoms with Gasteiger partial charge in [-0.2, -0.15) is 0 Å². The van der Waals surface area contributed by atoms with Crippen molar-refractivity contribution in [3.8, 4) is 0 Å². The highest BCUT2D eigenvalue weighted by molar-refractivity contribution is 5.88. The van der Waals surface area contributed by atoms with Gasteiger partial charge < -0.3 is 10.0 Å². The maximum atomic E-state index is 12.2. The molecule has 1 N–H and O–H groups in total. The molecule has 0 aliphatic carbocycles. The standard InChI is InChI=1S/C15H20N2O3/c1-11(2)8-14(18)17(9-12(3)15(19)20)10-13-4-6-16-7-5-13/h4-8,12H,9-10H2,1-3H3,(H,19,20). The molecule has 1 heterocycles. The van der Waals surface area contributed by atoms with Crippen LogP contribution in [-0.4, -0.2) is 33.4 Å². The highest BCUT2D eigenvalue weighted by atomic mass is 16.4. The fraction of sp³-hybridized carbons (Fsp3) is 0.400. The zero-order valence-electron chi connectivity index (χ0n) is 12.0. The van der Waals surface area contributed by atoms with E-state index in [4.69, 9.17) is 5.11 Å². The molecule has 0 bridgehead atoms. The van der Waals surface area contributed by atoms with Gasteiger partial charge in [-0.25, -0.2) is 0 Å². The van der Waals surface area contributed by atoms with E-state index in [-0.39, 0.29) is 12.5 Å². The van der Waals surface area contributed by atoms with Crippen molar-refractivity contribution in [2.75, 3.05) is 6.54 Å². The minimum Gasteiger partial charge on any atom is -0.481 e. The van der Waals surface area contributed by atoms with Crippen molar-refractivity contribution >= 4 is 11.9 Å². The average molecular weight is 276 g/mol. The van der Waals surface area contributed by atoms with E-state index in [1.54, 1.807) is 24.2 Å². The molecule has 108 valence electrons. The fourth-order valence-corrected chi connectivity index (χ4v) is 1.69. The first-order valence-corrected chi connectivity index (χ1v) is 6.45. The Labute approximate surface area is 118 Å². The molecule has 1 rings (SSSR count). The lowest BCUT2D eigenvalue weighted by molar-refractivity contribution is -0.142. The molecule has 0 aliphatic rings. The largest absolute Gasteiger partial charge is 0.481 e. The van der Waals surface area contributed by atoms with Gasteiger partial charge in [-0.05, 0) is 31.5 Å². The van der Waals surface area contributed by atoms with Crippen LogP contribution in [0.4, 0.5) is 0 Å². The second-order valence-corrected chi connectivity index (χ2v) is 5.04. The third-order valence-corrected chi connectivity index (χ3v) is 2.76. The summed E-state index contributed by atoms with van der Waals surface area (Å²) in [7, 11) is 0. The van der Waals surface area contributed by atoms with E-state index in [9.17, 15) is 9.59 Å². The Morgan fingerprint density at radius 2 is 1.95 bits per heavy atom.